The highest BCUT2D eigenvalue weighted by Crippen LogP contribution is 2.28. The largest absolute Gasteiger partial charge is 0.491 e. The number of hydrogen-bond donors (Lipinski definition) is 2. The van der Waals surface area contributed by atoms with Crippen molar-refractivity contribution < 1.29 is 14.3 Å². The SMILES string of the molecule is C=C(C)C(=O)N1CCCC(n2cnc3c(N)nc(Nc4ccc(OCCOC)cc4)nc32)C1. The van der Waals surface area contributed by atoms with Crippen LogP contribution in [0.4, 0.5) is 17.5 Å². The van der Waals surface area contributed by atoms with E-state index < -0.39 is 0 Å². The van der Waals surface area contributed by atoms with Crippen LogP contribution in [0, 0.1) is 0 Å². The fourth-order valence-corrected chi connectivity index (χ4v) is 3.90. The summed E-state index contributed by atoms with van der Waals surface area (Å²) in [5.41, 5.74) is 8.71. The van der Waals surface area contributed by atoms with Crippen molar-refractivity contribution in [2.75, 3.05) is 44.5 Å². The number of carbonyl (C=O) groups excluding carboxylic acids is 1. The summed E-state index contributed by atoms with van der Waals surface area (Å²) >= 11 is 0. The van der Waals surface area contributed by atoms with E-state index in [-0.39, 0.29) is 11.9 Å². The maximum absolute atomic E-state index is 12.4. The zero-order valence-electron chi connectivity index (χ0n) is 19.0. The summed E-state index contributed by atoms with van der Waals surface area (Å²) in [6.45, 7) is 7.84. The molecule has 0 bridgehead atoms. The van der Waals surface area contributed by atoms with Crippen LogP contribution in [0.3, 0.4) is 0 Å². The second-order valence-electron chi connectivity index (χ2n) is 8.07. The first-order valence-electron chi connectivity index (χ1n) is 10.9. The lowest BCUT2D eigenvalue weighted by atomic mass is 10.0. The third-order valence-electron chi connectivity index (χ3n) is 5.56. The fraction of sp³-hybridized carbons (Fsp3) is 0.391. The molecule has 1 unspecified atom stereocenters. The lowest BCUT2D eigenvalue weighted by Gasteiger charge is -2.33. The molecule has 3 heterocycles. The Kier molecular flexibility index (Phi) is 6.74. The van der Waals surface area contributed by atoms with Crippen molar-refractivity contribution >= 4 is 34.5 Å². The molecule has 1 aliphatic rings. The van der Waals surface area contributed by atoms with Gasteiger partial charge in [-0.05, 0) is 44.0 Å². The highest BCUT2D eigenvalue weighted by molar-refractivity contribution is 5.92. The molecule has 3 N–H and O–H groups in total. The Balaban J connectivity index is 1.54. The van der Waals surface area contributed by atoms with E-state index in [4.69, 9.17) is 15.2 Å². The van der Waals surface area contributed by atoms with E-state index in [0.29, 0.717) is 48.3 Å². The summed E-state index contributed by atoms with van der Waals surface area (Å²) in [6, 6.07) is 7.54. The van der Waals surface area contributed by atoms with Gasteiger partial charge < -0.3 is 30.0 Å². The lowest BCUT2D eigenvalue weighted by Crippen LogP contribution is -2.40. The maximum Gasteiger partial charge on any atom is 0.248 e. The van der Waals surface area contributed by atoms with Gasteiger partial charge >= 0.3 is 0 Å². The van der Waals surface area contributed by atoms with Gasteiger partial charge in [-0.3, -0.25) is 4.79 Å². The number of nitrogens with one attached hydrogen (secondary N) is 1. The molecular weight excluding hydrogens is 422 g/mol. The van der Waals surface area contributed by atoms with E-state index in [0.717, 1.165) is 30.8 Å². The van der Waals surface area contributed by atoms with Crippen molar-refractivity contribution in [3.63, 3.8) is 0 Å². The minimum absolute atomic E-state index is 0.0183. The Morgan fingerprint density at radius 2 is 2.06 bits per heavy atom. The maximum atomic E-state index is 12.4. The molecule has 1 aromatic carbocycles. The topological polar surface area (TPSA) is 120 Å². The summed E-state index contributed by atoms with van der Waals surface area (Å²) in [5.74, 6) is 1.40. The molecule has 1 saturated heterocycles. The minimum atomic E-state index is -0.0183. The standard InChI is InChI=1S/C23H29N7O3/c1-15(2)22(31)29-10-4-5-17(13-29)30-14-25-19-20(24)27-23(28-21(19)30)26-16-6-8-18(9-7-16)33-12-11-32-3/h6-9,14,17H,1,4-5,10-13H2,2-3H3,(H3,24,26,27,28). The summed E-state index contributed by atoms with van der Waals surface area (Å²) in [7, 11) is 1.64. The number of rotatable bonds is 8. The van der Waals surface area contributed by atoms with Crippen LogP contribution in [-0.4, -0.2) is 63.7 Å². The molecule has 10 heteroatoms. The Bertz CT molecular complexity index is 1140. The van der Waals surface area contributed by atoms with Crippen LogP contribution in [-0.2, 0) is 9.53 Å². The van der Waals surface area contributed by atoms with Crippen molar-refractivity contribution in [3.05, 3.63) is 42.7 Å². The van der Waals surface area contributed by atoms with Gasteiger partial charge in [-0.2, -0.15) is 9.97 Å². The molecule has 1 atom stereocenters. The second kappa shape index (κ2) is 9.86. The van der Waals surface area contributed by atoms with Crippen LogP contribution in [0.1, 0.15) is 25.8 Å². The third-order valence-corrected chi connectivity index (χ3v) is 5.56. The van der Waals surface area contributed by atoms with Crippen LogP contribution in [0.15, 0.2) is 42.7 Å². The van der Waals surface area contributed by atoms with Crippen LogP contribution in [0.25, 0.3) is 11.2 Å². The first kappa shape index (κ1) is 22.5. The molecule has 3 aromatic rings. The number of fused-ring (bicyclic) bond motifs is 1. The predicted octanol–water partition coefficient (Wildman–Crippen LogP) is 2.92. The van der Waals surface area contributed by atoms with Crippen molar-refractivity contribution in [1.82, 2.24) is 24.4 Å². The van der Waals surface area contributed by atoms with Gasteiger partial charge in [0.2, 0.25) is 11.9 Å². The van der Waals surface area contributed by atoms with Crippen molar-refractivity contribution in [3.8, 4) is 5.75 Å². The zero-order valence-corrected chi connectivity index (χ0v) is 19.0. The first-order chi connectivity index (χ1) is 16.0. The molecule has 1 fully saturated rings. The van der Waals surface area contributed by atoms with Crippen LogP contribution in [0.5, 0.6) is 5.75 Å². The van der Waals surface area contributed by atoms with Gasteiger partial charge in [0.1, 0.15) is 17.9 Å². The molecular formula is C23H29N7O3. The number of carbonyl (C=O) groups is 1. The smallest absolute Gasteiger partial charge is 0.248 e. The summed E-state index contributed by atoms with van der Waals surface area (Å²) in [5, 5.41) is 3.19. The van der Waals surface area contributed by atoms with E-state index >= 15 is 0 Å². The number of benzene rings is 1. The molecule has 0 aliphatic carbocycles. The van der Waals surface area contributed by atoms with Gasteiger partial charge in [0.15, 0.2) is 11.5 Å². The fourth-order valence-electron chi connectivity index (χ4n) is 3.90. The average molecular weight is 452 g/mol. The molecule has 0 radical (unpaired) electrons. The Morgan fingerprint density at radius 1 is 1.27 bits per heavy atom. The predicted molar refractivity (Wildman–Crippen MR) is 126 cm³/mol. The number of nitrogens with zero attached hydrogens (tertiary/aromatic N) is 5. The van der Waals surface area contributed by atoms with Gasteiger partial charge in [0.25, 0.3) is 0 Å². The number of nitrogen functional groups attached to an aromatic ring is 1. The van der Waals surface area contributed by atoms with Crippen LogP contribution in [0.2, 0.25) is 0 Å². The highest BCUT2D eigenvalue weighted by Gasteiger charge is 2.27. The zero-order chi connectivity index (χ0) is 23.4. The lowest BCUT2D eigenvalue weighted by molar-refractivity contribution is -0.128. The number of nitrogens with two attached hydrogens (primary N) is 1. The minimum Gasteiger partial charge on any atom is -0.491 e. The van der Waals surface area contributed by atoms with Crippen molar-refractivity contribution in [2.24, 2.45) is 0 Å². The van der Waals surface area contributed by atoms with Gasteiger partial charge in [-0.15, -0.1) is 0 Å². The van der Waals surface area contributed by atoms with Crippen molar-refractivity contribution in [2.45, 2.75) is 25.8 Å². The molecule has 174 valence electrons. The number of likely N-dealkylation sites (tertiary alicyclic amines) is 1. The molecule has 2 aromatic heterocycles. The van der Waals surface area contributed by atoms with Crippen molar-refractivity contribution in [1.29, 1.82) is 0 Å². The normalized spacial score (nSPS) is 16.1. The van der Waals surface area contributed by atoms with E-state index in [1.165, 1.54) is 0 Å². The molecule has 0 saturated carbocycles. The quantitative estimate of drug-likeness (QED) is 0.396. The number of ether oxygens (including phenoxy) is 2. The molecule has 4 rings (SSSR count). The highest BCUT2D eigenvalue weighted by atomic mass is 16.5. The summed E-state index contributed by atoms with van der Waals surface area (Å²) in [6.07, 6.45) is 3.54. The number of imidazole rings is 1. The van der Waals surface area contributed by atoms with E-state index in [1.807, 2.05) is 33.7 Å². The van der Waals surface area contributed by atoms with Crippen LogP contribution >= 0.6 is 0 Å². The van der Waals surface area contributed by atoms with E-state index in [1.54, 1.807) is 20.4 Å². The monoisotopic (exact) mass is 451 g/mol. The Labute approximate surface area is 192 Å². The van der Waals surface area contributed by atoms with Gasteiger partial charge in [0.05, 0.1) is 19.0 Å². The number of amides is 1. The summed E-state index contributed by atoms with van der Waals surface area (Å²) < 4.78 is 12.6. The molecule has 1 amide bonds. The third kappa shape index (κ3) is 5.06. The molecule has 33 heavy (non-hydrogen) atoms. The number of hydrogen-bond acceptors (Lipinski definition) is 8. The average Bonchev–Trinajstić information content (AvgIpc) is 3.24. The van der Waals surface area contributed by atoms with E-state index in [9.17, 15) is 4.79 Å². The summed E-state index contributed by atoms with van der Waals surface area (Å²) in [4.78, 5) is 27.7. The van der Waals surface area contributed by atoms with E-state index in [2.05, 4.69) is 26.8 Å². The molecule has 10 nitrogen and oxygen atoms in total. The number of piperidine rings is 1. The number of methoxy groups -OCH3 is 1. The Morgan fingerprint density at radius 3 is 2.79 bits per heavy atom. The number of anilines is 3. The first-order valence-corrected chi connectivity index (χ1v) is 10.9. The Hall–Kier alpha value is -3.66. The molecule has 1 aliphatic heterocycles. The van der Waals surface area contributed by atoms with Gasteiger partial charge in [0, 0.05) is 31.5 Å². The second-order valence-corrected chi connectivity index (χ2v) is 8.07. The van der Waals surface area contributed by atoms with Crippen LogP contribution < -0.4 is 15.8 Å². The molecule has 0 spiro atoms. The number of aromatic nitrogens is 4. The van der Waals surface area contributed by atoms with Gasteiger partial charge in [-0.25, -0.2) is 4.98 Å². The van der Waals surface area contributed by atoms with Gasteiger partial charge in [-0.1, -0.05) is 6.58 Å².